The molecular weight excluding hydrogens is 114 g/mol. The zero-order valence-corrected chi connectivity index (χ0v) is 4.85. The topological polar surface area (TPSA) is 25.2 Å². The van der Waals surface area contributed by atoms with E-state index in [-0.39, 0.29) is 0 Å². The molecule has 45 valence electrons. The van der Waals surface area contributed by atoms with E-state index in [1.807, 2.05) is 12.1 Å². The lowest BCUT2D eigenvalue weighted by atomic mass is 10.2. The molecule has 1 aromatic rings. The first kappa shape index (κ1) is 4.68. The Hall–Kier alpha value is -1.18. The van der Waals surface area contributed by atoms with Gasteiger partial charge in [0.2, 0.25) is 5.88 Å². The van der Waals surface area contributed by atoms with Crippen molar-refractivity contribution in [3.63, 3.8) is 0 Å². The van der Waals surface area contributed by atoms with E-state index < -0.39 is 0 Å². The van der Waals surface area contributed by atoms with E-state index in [1.165, 1.54) is 0 Å². The van der Waals surface area contributed by atoms with Crippen molar-refractivity contribution in [2.45, 2.75) is 0 Å². The summed E-state index contributed by atoms with van der Waals surface area (Å²) in [5, 5.41) is 3.06. The van der Waals surface area contributed by atoms with Crippen molar-refractivity contribution in [3.8, 4) is 0 Å². The first-order valence-electron chi connectivity index (χ1n) is 2.86. The maximum atomic E-state index is 5.06. The van der Waals surface area contributed by atoms with E-state index in [4.69, 9.17) is 4.42 Å². The molecular formula is C7H6NO. The van der Waals surface area contributed by atoms with Gasteiger partial charge < -0.3 is 9.73 Å². The molecule has 9 heavy (non-hydrogen) atoms. The van der Waals surface area contributed by atoms with Gasteiger partial charge in [-0.25, -0.2) is 0 Å². The Balaban J connectivity index is 2.53. The van der Waals surface area contributed by atoms with Crippen molar-refractivity contribution in [2.24, 2.45) is 0 Å². The summed E-state index contributed by atoms with van der Waals surface area (Å²) in [7, 11) is 0. The van der Waals surface area contributed by atoms with Crippen molar-refractivity contribution in [1.29, 1.82) is 0 Å². The number of hydrogen-bond acceptors (Lipinski definition) is 2. The average Bonchev–Trinajstić information content (AvgIpc) is 2.33. The van der Waals surface area contributed by atoms with Crippen molar-refractivity contribution in [2.75, 3.05) is 11.9 Å². The van der Waals surface area contributed by atoms with Crippen molar-refractivity contribution >= 4 is 5.88 Å². The van der Waals surface area contributed by atoms with E-state index in [9.17, 15) is 0 Å². The van der Waals surface area contributed by atoms with Crippen LogP contribution in [0.1, 0.15) is 5.56 Å². The third-order valence-electron chi connectivity index (χ3n) is 1.29. The molecule has 1 aliphatic rings. The van der Waals surface area contributed by atoms with Crippen LogP contribution in [-0.4, -0.2) is 6.54 Å². The second-order valence-corrected chi connectivity index (χ2v) is 1.89. The first-order valence-corrected chi connectivity index (χ1v) is 2.86. The Morgan fingerprint density at radius 2 is 2.67 bits per heavy atom. The summed E-state index contributed by atoms with van der Waals surface area (Å²) in [4.78, 5) is 0. The Labute approximate surface area is 53.2 Å². The number of furan rings is 1. The van der Waals surface area contributed by atoms with Crippen LogP contribution in [0.15, 0.2) is 22.8 Å². The summed E-state index contributed by atoms with van der Waals surface area (Å²) in [6.45, 7) is 0.820. The zero-order valence-electron chi connectivity index (χ0n) is 4.85. The monoisotopic (exact) mass is 120 g/mol. The van der Waals surface area contributed by atoms with E-state index in [0.717, 1.165) is 18.0 Å². The van der Waals surface area contributed by atoms with Crippen molar-refractivity contribution < 1.29 is 4.42 Å². The number of hydrogen-bond donors (Lipinski definition) is 1. The van der Waals surface area contributed by atoms with Gasteiger partial charge in [-0.1, -0.05) is 6.08 Å². The Morgan fingerprint density at radius 1 is 1.67 bits per heavy atom. The number of anilines is 1. The second kappa shape index (κ2) is 1.65. The average molecular weight is 120 g/mol. The molecule has 0 fully saturated rings. The normalized spacial score (nSPS) is 14.7. The lowest BCUT2D eigenvalue weighted by Gasteiger charge is -2.03. The molecule has 2 rings (SSSR count). The molecule has 0 saturated carbocycles. The molecule has 0 amide bonds. The molecule has 2 heteroatoms. The van der Waals surface area contributed by atoms with Crippen LogP contribution >= 0.6 is 0 Å². The van der Waals surface area contributed by atoms with Crippen LogP contribution < -0.4 is 5.32 Å². The highest BCUT2D eigenvalue weighted by molar-refractivity contribution is 5.48. The molecule has 2 heterocycles. The van der Waals surface area contributed by atoms with Gasteiger partial charge in [0.15, 0.2) is 0 Å². The van der Waals surface area contributed by atoms with Gasteiger partial charge in [-0.05, 0) is 12.1 Å². The molecule has 0 aliphatic carbocycles. The lowest BCUT2D eigenvalue weighted by Crippen LogP contribution is -2.02. The van der Waals surface area contributed by atoms with Crippen LogP contribution in [0.2, 0.25) is 0 Å². The quantitative estimate of drug-likeness (QED) is 0.560. The second-order valence-electron chi connectivity index (χ2n) is 1.89. The van der Waals surface area contributed by atoms with Gasteiger partial charge in [-0.3, -0.25) is 0 Å². The lowest BCUT2D eigenvalue weighted by molar-refractivity contribution is 0.579. The van der Waals surface area contributed by atoms with Crippen LogP contribution in [0.25, 0.3) is 0 Å². The smallest absolute Gasteiger partial charge is 0.200 e. The summed E-state index contributed by atoms with van der Waals surface area (Å²) < 4.78 is 5.06. The Bertz CT molecular complexity index is 237. The molecule has 0 atom stereocenters. The van der Waals surface area contributed by atoms with Crippen LogP contribution in [0.4, 0.5) is 5.88 Å². The maximum absolute atomic E-state index is 5.06. The van der Waals surface area contributed by atoms with E-state index >= 15 is 0 Å². The van der Waals surface area contributed by atoms with Crippen molar-refractivity contribution in [1.82, 2.24) is 0 Å². The third kappa shape index (κ3) is 0.633. The van der Waals surface area contributed by atoms with E-state index in [2.05, 4.69) is 11.4 Å². The minimum absolute atomic E-state index is 0.820. The largest absolute Gasteiger partial charge is 0.448 e. The minimum atomic E-state index is 0.820. The highest BCUT2D eigenvalue weighted by Gasteiger charge is 2.04. The minimum Gasteiger partial charge on any atom is -0.448 e. The molecule has 0 bridgehead atoms. The summed E-state index contributed by atoms with van der Waals surface area (Å²) in [6.07, 6.45) is 6.66. The van der Waals surface area contributed by atoms with Gasteiger partial charge in [0.1, 0.15) is 0 Å². The number of nitrogens with one attached hydrogen (secondary N) is 1. The summed E-state index contributed by atoms with van der Waals surface area (Å²) in [6, 6.07) is 1.89. The predicted molar refractivity (Wildman–Crippen MR) is 34.1 cm³/mol. The standard InChI is InChI=1S/C7H6NO/c1-2-6-3-5-9-7(6)8-4-1/h1,3,5,8H,4H2. The number of rotatable bonds is 0. The summed E-state index contributed by atoms with van der Waals surface area (Å²) in [5.41, 5.74) is 1.02. The van der Waals surface area contributed by atoms with E-state index in [0.29, 0.717) is 0 Å². The fraction of sp³-hybridized carbons (Fsp3) is 0.143. The van der Waals surface area contributed by atoms with Gasteiger partial charge in [-0.15, -0.1) is 0 Å². The number of fused-ring (bicyclic) bond motifs is 1. The highest BCUT2D eigenvalue weighted by atomic mass is 16.3. The van der Waals surface area contributed by atoms with Gasteiger partial charge in [0.25, 0.3) is 0 Å². The molecule has 0 aromatic carbocycles. The van der Waals surface area contributed by atoms with Crippen molar-refractivity contribution in [3.05, 3.63) is 30.0 Å². The third-order valence-corrected chi connectivity index (χ3v) is 1.29. The fourth-order valence-electron chi connectivity index (χ4n) is 0.865. The zero-order chi connectivity index (χ0) is 6.10. The molecule has 1 aliphatic heterocycles. The Morgan fingerprint density at radius 3 is 3.56 bits per heavy atom. The SMILES string of the molecule is [C]1=CCNc2occc21. The molecule has 0 saturated heterocycles. The Kier molecular flexibility index (Phi) is 0.859. The summed E-state index contributed by atoms with van der Waals surface area (Å²) >= 11 is 0. The van der Waals surface area contributed by atoms with Gasteiger partial charge in [0, 0.05) is 12.1 Å². The van der Waals surface area contributed by atoms with Crippen LogP contribution in [0, 0.1) is 6.08 Å². The van der Waals surface area contributed by atoms with Gasteiger partial charge in [-0.2, -0.15) is 0 Å². The highest BCUT2D eigenvalue weighted by Crippen LogP contribution is 2.18. The van der Waals surface area contributed by atoms with E-state index in [1.54, 1.807) is 6.26 Å². The molecule has 0 spiro atoms. The van der Waals surface area contributed by atoms with Crippen LogP contribution in [0.5, 0.6) is 0 Å². The molecule has 0 unspecified atom stereocenters. The van der Waals surface area contributed by atoms with Gasteiger partial charge >= 0.3 is 0 Å². The molecule has 1 aromatic heterocycles. The molecule has 2 nitrogen and oxygen atoms in total. The van der Waals surface area contributed by atoms with Crippen LogP contribution in [0.3, 0.4) is 0 Å². The maximum Gasteiger partial charge on any atom is 0.200 e. The first-order chi connectivity index (χ1) is 4.47. The van der Waals surface area contributed by atoms with Crippen LogP contribution in [-0.2, 0) is 0 Å². The molecule has 1 radical (unpaired) electrons. The van der Waals surface area contributed by atoms with Gasteiger partial charge in [0.05, 0.1) is 6.26 Å². The summed E-state index contributed by atoms with van der Waals surface area (Å²) in [5.74, 6) is 0.831. The molecule has 1 N–H and O–H groups in total. The predicted octanol–water partition coefficient (Wildman–Crippen LogP) is 1.41. The fourth-order valence-corrected chi connectivity index (χ4v) is 0.865.